The van der Waals surface area contributed by atoms with E-state index in [-0.39, 0.29) is 0 Å². The zero-order valence-corrected chi connectivity index (χ0v) is 17.5. The van der Waals surface area contributed by atoms with E-state index >= 15 is 0 Å². The van der Waals surface area contributed by atoms with Gasteiger partial charge in [-0.05, 0) is 54.9 Å². The molecule has 0 aliphatic carbocycles. The molecule has 2 aromatic rings. The van der Waals surface area contributed by atoms with Crippen molar-refractivity contribution in [1.82, 2.24) is 4.90 Å². The standard InChI is InChI=1S/C21H22F3N3.C2H6/c1-14-9-16(11-17(10-14)21(22,23)24)19-12-15-3-4-18(13-20(15)25-19)27-7-5-26(2)6-8-27;1-2/h3-4,9-11,13H,5-8,12H2,1-2H3;1-2H3. The van der Waals surface area contributed by atoms with Gasteiger partial charge in [-0.1, -0.05) is 26.0 Å². The molecule has 4 rings (SSSR count). The van der Waals surface area contributed by atoms with Crippen LogP contribution < -0.4 is 4.90 Å². The molecule has 1 saturated heterocycles. The van der Waals surface area contributed by atoms with Gasteiger partial charge in [0, 0.05) is 38.3 Å². The number of rotatable bonds is 2. The van der Waals surface area contributed by atoms with Crippen LogP contribution in [0.15, 0.2) is 41.4 Å². The van der Waals surface area contributed by atoms with Gasteiger partial charge in [-0.3, -0.25) is 4.99 Å². The van der Waals surface area contributed by atoms with Crippen molar-refractivity contribution >= 4 is 17.1 Å². The van der Waals surface area contributed by atoms with Gasteiger partial charge in [0.05, 0.1) is 17.0 Å². The van der Waals surface area contributed by atoms with Gasteiger partial charge >= 0.3 is 6.18 Å². The lowest BCUT2D eigenvalue weighted by Gasteiger charge is -2.34. The van der Waals surface area contributed by atoms with E-state index in [1.54, 1.807) is 13.0 Å². The average molecular weight is 403 g/mol. The zero-order chi connectivity index (χ0) is 21.2. The number of nitrogens with zero attached hydrogens (tertiary/aromatic N) is 3. The number of alkyl halides is 3. The molecule has 6 heteroatoms. The summed E-state index contributed by atoms with van der Waals surface area (Å²) in [6.45, 7) is 9.68. The monoisotopic (exact) mass is 403 g/mol. The molecule has 156 valence electrons. The Labute approximate surface area is 170 Å². The summed E-state index contributed by atoms with van der Waals surface area (Å²) in [5.41, 5.74) is 4.31. The molecule has 0 spiro atoms. The Morgan fingerprint density at radius 3 is 2.28 bits per heavy atom. The normalized spacial score (nSPS) is 16.8. The van der Waals surface area contributed by atoms with E-state index in [9.17, 15) is 13.2 Å². The van der Waals surface area contributed by atoms with Gasteiger partial charge < -0.3 is 9.80 Å². The van der Waals surface area contributed by atoms with Crippen LogP contribution in [0.25, 0.3) is 0 Å². The highest BCUT2D eigenvalue weighted by molar-refractivity contribution is 6.07. The topological polar surface area (TPSA) is 18.8 Å². The molecule has 2 aliphatic heterocycles. The Hall–Kier alpha value is -2.34. The fourth-order valence-corrected chi connectivity index (χ4v) is 3.71. The molecular formula is C23H28F3N3. The van der Waals surface area contributed by atoms with Crippen molar-refractivity contribution < 1.29 is 13.2 Å². The van der Waals surface area contributed by atoms with Crippen molar-refractivity contribution in [1.29, 1.82) is 0 Å². The van der Waals surface area contributed by atoms with Crippen molar-refractivity contribution in [3.63, 3.8) is 0 Å². The van der Waals surface area contributed by atoms with Crippen LogP contribution in [-0.4, -0.2) is 43.8 Å². The van der Waals surface area contributed by atoms with Crippen LogP contribution in [0.5, 0.6) is 0 Å². The predicted octanol–water partition coefficient (Wildman–Crippen LogP) is 5.47. The molecule has 0 radical (unpaired) electrons. The summed E-state index contributed by atoms with van der Waals surface area (Å²) in [7, 11) is 2.12. The summed E-state index contributed by atoms with van der Waals surface area (Å²) in [5, 5.41) is 0. The van der Waals surface area contributed by atoms with Gasteiger partial charge in [-0.15, -0.1) is 0 Å². The molecule has 0 atom stereocenters. The minimum Gasteiger partial charge on any atom is -0.369 e. The molecule has 0 amide bonds. The van der Waals surface area contributed by atoms with Gasteiger partial charge in [0.2, 0.25) is 0 Å². The second kappa shape index (κ2) is 8.57. The lowest BCUT2D eigenvalue weighted by Crippen LogP contribution is -2.44. The van der Waals surface area contributed by atoms with Crippen molar-refractivity contribution in [3.8, 4) is 0 Å². The van der Waals surface area contributed by atoms with Crippen LogP contribution in [0.2, 0.25) is 0 Å². The first-order chi connectivity index (χ1) is 13.8. The summed E-state index contributed by atoms with van der Waals surface area (Å²) in [5.74, 6) is 0. The summed E-state index contributed by atoms with van der Waals surface area (Å²) in [4.78, 5) is 9.31. The number of hydrogen-bond acceptors (Lipinski definition) is 3. The molecule has 2 aromatic carbocycles. The van der Waals surface area contributed by atoms with Crippen molar-refractivity contribution in [3.05, 3.63) is 58.7 Å². The Kier molecular flexibility index (Phi) is 6.32. The summed E-state index contributed by atoms with van der Waals surface area (Å²) in [6, 6.07) is 10.4. The van der Waals surface area contributed by atoms with Crippen LogP contribution in [0.3, 0.4) is 0 Å². The molecule has 0 bridgehead atoms. The molecule has 0 unspecified atom stereocenters. The number of likely N-dealkylation sites (N-methyl/N-ethyl adjacent to an activating group) is 1. The number of aryl methyl sites for hydroxylation is 1. The number of aliphatic imine (C=N–C) groups is 1. The first kappa shape index (κ1) is 21.4. The lowest BCUT2D eigenvalue weighted by atomic mass is 9.99. The molecule has 0 saturated carbocycles. The van der Waals surface area contributed by atoms with Crippen molar-refractivity contribution in [2.24, 2.45) is 4.99 Å². The highest BCUT2D eigenvalue weighted by Crippen LogP contribution is 2.35. The molecule has 2 heterocycles. The Morgan fingerprint density at radius 1 is 0.931 bits per heavy atom. The molecular weight excluding hydrogens is 375 g/mol. The largest absolute Gasteiger partial charge is 0.416 e. The van der Waals surface area contributed by atoms with E-state index in [2.05, 4.69) is 40.0 Å². The van der Waals surface area contributed by atoms with E-state index in [0.29, 0.717) is 23.3 Å². The van der Waals surface area contributed by atoms with E-state index in [1.807, 2.05) is 13.8 Å². The molecule has 2 aliphatic rings. The van der Waals surface area contributed by atoms with Gasteiger partial charge in [0.15, 0.2) is 0 Å². The minimum absolute atomic E-state index is 0.555. The van der Waals surface area contributed by atoms with Crippen molar-refractivity contribution in [2.45, 2.75) is 33.4 Å². The fraction of sp³-hybridized carbons (Fsp3) is 0.435. The first-order valence-electron chi connectivity index (χ1n) is 10.1. The number of halogens is 3. The molecule has 1 fully saturated rings. The lowest BCUT2D eigenvalue weighted by molar-refractivity contribution is -0.137. The van der Waals surface area contributed by atoms with Crippen LogP contribution in [0.4, 0.5) is 24.5 Å². The average Bonchev–Trinajstić information content (AvgIpc) is 3.12. The maximum atomic E-state index is 13.1. The van der Waals surface area contributed by atoms with Gasteiger partial charge in [0.25, 0.3) is 0 Å². The zero-order valence-electron chi connectivity index (χ0n) is 17.5. The van der Waals surface area contributed by atoms with E-state index < -0.39 is 11.7 Å². The number of hydrogen-bond donors (Lipinski definition) is 0. The van der Waals surface area contributed by atoms with Gasteiger partial charge in [-0.25, -0.2) is 0 Å². The van der Waals surface area contributed by atoms with E-state index in [4.69, 9.17) is 0 Å². The maximum Gasteiger partial charge on any atom is 0.416 e. The molecule has 0 aromatic heterocycles. The minimum atomic E-state index is -4.35. The molecule has 0 N–H and O–H groups in total. The van der Waals surface area contributed by atoms with Crippen LogP contribution in [0.1, 0.15) is 36.1 Å². The predicted molar refractivity (Wildman–Crippen MR) is 114 cm³/mol. The Bertz CT molecular complexity index is 895. The number of anilines is 1. The second-order valence-electron chi connectivity index (χ2n) is 7.42. The Morgan fingerprint density at radius 2 is 1.62 bits per heavy atom. The maximum absolute atomic E-state index is 13.1. The summed E-state index contributed by atoms with van der Waals surface area (Å²) < 4.78 is 39.4. The number of piperazine rings is 1. The highest BCUT2D eigenvalue weighted by Gasteiger charge is 2.31. The van der Waals surface area contributed by atoms with Crippen LogP contribution >= 0.6 is 0 Å². The van der Waals surface area contributed by atoms with Crippen molar-refractivity contribution in [2.75, 3.05) is 38.1 Å². The van der Waals surface area contributed by atoms with Gasteiger partial charge in [-0.2, -0.15) is 13.2 Å². The summed E-state index contributed by atoms with van der Waals surface area (Å²) >= 11 is 0. The third-order valence-electron chi connectivity index (χ3n) is 5.29. The van der Waals surface area contributed by atoms with Crippen LogP contribution in [0, 0.1) is 6.92 Å². The Balaban J connectivity index is 0.00000117. The summed E-state index contributed by atoms with van der Waals surface area (Å²) in [6.07, 6.45) is -3.78. The number of benzene rings is 2. The SMILES string of the molecule is CC.Cc1cc(C2=Nc3cc(N4CCN(C)CC4)ccc3C2)cc(C(F)(F)F)c1. The molecule has 29 heavy (non-hydrogen) atoms. The third-order valence-corrected chi connectivity index (χ3v) is 5.29. The third kappa shape index (κ3) is 4.81. The highest BCUT2D eigenvalue weighted by atomic mass is 19.4. The quantitative estimate of drug-likeness (QED) is 0.662. The van der Waals surface area contributed by atoms with E-state index in [1.165, 1.54) is 12.1 Å². The van der Waals surface area contributed by atoms with Crippen LogP contribution in [-0.2, 0) is 12.6 Å². The number of fused-ring (bicyclic) bond motifs is 1. The smallest absolute Gasteiger partial charge is 0.369 e. The second-order valence-corrected chi connectivity index (χ2v) is 7.42. The molecule has 3 nitrogen and oxygen atoms in total. The fourth-order valence-electron chi connectivity index (χ4n) is 3.71. The first-order valence-corrected chi connectivity index (χ1v) is 10.1. The van der Waals surface area contributed by atoms with Gasteiger partial charge in [0.1, 0.15) is 0 Å². The van der Waals surface area contributed by atoms with E-state index in [0.717, 1.165) is 43.1 Å².